The van der Waals surface area contributed by atoms with Crippen LogP contribution in [0.15, 0.2) is 47.1 Å². The van der Waals surface area contributed by atoms with Gasteiger partial charge in [0.2, 0.25) is 0 Å². The van der Waals surface area contributed by atoms with E-state index >= 15 is 0 Å². The van der Waals surface area contributed by atoms with Crippen molar-refractivity contribution in [1.29, 1.82) is 0 Å². The van der Waals surface area contributed by atoms with E-state index in [1.165, 1.54) is 0 Å². The first kappa shape index (κ1) is 13.3. The molecule has 20 heavy (non-hydrogen) atoms. The summed E-state index contributed by atoms with van der Waals surface area (Å²) in [7, 11) is 2.01. The summed E-state index contributed by atoms with van der Waals surface area (Å²) in [6.07, 6.45) is 2.77. The fraction of sp³-hybridized carbons (Fsp3) is 0.214. The molecule has 0 fully saturated rings. The van der Waals surface area contributed by atoms with Gasteiger partial charge in [-0.15, -0.1) is 21.5 Å². The Hall–Kier alpha value is -1.66. The minimum absolute atomic E-state index is 0.931. The number of aryl methyl sites for hydroxylation is 1. The summed E-state index contributed by atoms with van der Waals surface area (Å²) < 4.78 is 2.05. The lowest BCUT2D eigenvalue weighted by Crippen LogP contribution is -1.96. The van der Waals surface area contributed by atoms with Crippen molar-refractivity contribution in [2.45, 2.75) is 11.6 Å². The molecule has 3 heterocycles. The summed E-state index contributed by atoms with van der Waals surface area (Å²) in [5.74, 6) is 1.88. The maximum Gasteiger partial charge on any atom is 0.191 e. The Bertz CT molecular complexity index is 662. The topological polar surface area (TPSA) is 43.6 Å². The third-order valence-corrected chi connectivity index (χ3v) is 4.78. The third kappa shape index (κ3) is 2.91. The van der Waals surface area contributed by atoms with E-state index in [4.69, 9.17) is 0 Å². The minimum Gasteiger partial charge on any atom is -0.305 e. The molecule has 3 aromatic rings. The smallest absolute Gasteiger partial charge is 0.191 e. The molecule has 0 unspecified atom stereocenters. The zero-order valence-corrected chi connectivity index (χ0v) is 12.7. The molecule has 0 aliphatic carbocycles. The van der Waals surface area contributed by atoms with Crippen molar-refractivity contribution in [2.75, 3.05) is 5.75 Å². The molecule has 0 bridgehead atoms. The van der Waals surface area contributed by atoms with Crippen LogP contribution >= 0.6 is 23.1 Å². The summed E-state index contributed by atoms with van der Waals surface area (Å²) in [5, 5.41) is 11.5. The van der Waals surface area contributed by atoms with Crippen molar-refractivity contribution in [3.63, 3.8) is 0 Å². The molecule has 3 rings (SSSR count). The molecule has 0 saturated carbocycles. The van der Waals surface area contributed by atoms with Gasteiger partial charge in [0.05, 0.1) is 4.88 Å². The second kappa shape index (κ2) is 6.19. The molecule has 0 aromatic carbocycles. The lowest BCUT2D eigenvalue weighted by Gasteiger charge is -2.02. The van der Waals surface area contributed by atoms with Crippen molar-refractivity contribution >= 4 is 23.1 Å². The van der Waals surface area contributed by atoms with Gasteiger partial charge in [0.25, 0.3) is 0 Å². The molecule has 0 spiro atoms. The zero-order chi connectivity index (χ0) is 13.8. The number of thioether (sulfide) groups is 1. The number of pyridine rings is 1. The summed E-state index contributed by atoms with van der Waals surface area (Å²) in [6.45, 7) is 0. The normalized spacial score (nSPS) is 10.8. The van der Waals surface area contributed by atoms with Gasteiger partial charge in [-0.1, -0.05) is 23.9 Å². The van der Waals surface area contributed by atoms with Crippen LogP contribution < -0.4 is 0 Å². The van der Waals surface area contributed by atoms with Crippen LogP contribution in [0.4, 0.5) is 0 Å². The van der Waals surface area contributed by atoms with Crippen LogP contribution in [0, 0.1) is 0 Å². The van der Waals surface area contributed by atoms with Crippen molar-refractivity contribution in [3.05, 3.63) is 47.6 Å². The van der Waals surface area contributed by atoms with Crippen LogP contribution in [0.2, 0.25) is 0 Å². The van der Waals surface area contributed by atoms with Gasteiger partial charge in [0.1, 0.15) is 0 Å². The highest BCUT2D eigenvalue weighted by atomic mass is 32.2. The SMILES string of the molecule is Cn1c(SCCc2ccccn2)nnc1-c1cccs1. The van der Waals surface area contributed by atoms with Gasteiger partial charge in [-0.05, 0) is 30.0 Å². The maximum atomic E-state index is 4.32. The van der Waals surface area contributed by atoms with Crippen molar-refractivity contribution in [3.8, 4) is 10.7 Å². The minimum atomic E-state index is 0.931. The van der Waals surface area contributed by atoms with E-state index in [0.29, 0.717) is 0 Å². The van der Waals surface area contributed by atoms with Gasteiger partial charge >= 0.3 is 0 Å². The molecule has 0 amide bonds. The Morgan fingerprint density at radius 1 is 1.20 bits per heavy atom. The zero-order valence-electron chi connectivity index (χ0n) is 11.1. The second-order valence-electron chi connectivity index (χ2n) is 4.26. The van der Waals surface area contributed by atoms with Crippen LogP contribution in [-0.4, -0.2) is 25.5 Å². The predicted molar refractivity (Wildman–Crippen MR) is 83.0 cm³/mol. The lowest BCUT2D eigenvalue weighted by atomic mass is 10.3. The lowest BCUT2D eigenvalue weighted by molar-refractivity contribution is 0.794. The van der Waals surface area contributed by atoms with Gasteiger partial charge in [-0.2, -0.15) is 0 Å². The third-order valence-electron chi connectivity index (χ3n) is 2.89. The average Bonchev–Trinajstić information content (AvgIpc) is 3.11. The summed E-state index contributed by atoms with van der Waals surface area (Å²) >= 11 is 3.40. The fourth-order valence-corrected chi connectivity index (χ4v) is 3.47. The van der Waals surface area contributed by atoms with E-state index in [1.54, 1.807) is 23.1 Å². The van der Waals surface area contributed by atoms with Crippen LogP contribution in [0.5, 0.6) is 0 Å². The van der Waals surface area contributed by atoms with E-state index in [1.807, 2.05) is 37.5 Å². The standard InChI is InChI=1S/C14H14N4S2/c1-18-13(12-6-4-9-19-12)16-17-14(18)20-10-7-11-5-2-3-8-15-11/h2-6,8-9H,7,10H2,1H3. The average molecular weight is 302 g/mol. The highest BCUT2D eigenvalue weighted by molar-refractivity contribution is 7.99. The Labute approximate surface area is 125 Å². The molecule has 6 heteroatoms. The molecule has 102 valence electrons. The Morgan fingerprint density at radius 3 is 2.90 bits per heavy atom. The monoisotopic (exact) mass is 302 g/mol. The summed E-state index contributed by atoms with van der Waals surface area (Å²) in [5.41, 5.74) is 1.11. The molecule has 0 N–H and O–H groups in total. The van der Waals surface area contributed by atoms with Crippen molar-refractivity contribution in [1.82, 2.24) is 19.7 Å². The van der Waals surface area contributed by atoms with Crippen LogP contribution in [0.3, 0.4) is 0 Å². The van der Waals surface area contributed by atoms with E-state index < -0.39 is 0 Å². The van der Waals surface area contributed by atoms with Gasteiger partial charge in [-0.3, -0.25) is 4.98 Å². The van der Waals surface area contributed by atoms with Crippen molar-refractivity contribution < 1.29 is 0 Å². The highest BCUT2D eigenvalue weighted by Gasteiger charge is 2.11. The number of aromatic nitrogens is 4. The summed E-state index contributed by atoms with van der Waals surface area (Å²) in [4.78, 5) is 5.47. The highest BCUT2D eigenvalue weighted by Crippen LogP contribution is 2.26. The molecular formula is C14H14N4S2. The maximum absolute atomic E-state index is 4.32. The first-order chi connectivity index (χ1) is 9.84. The largest absolute Gasteiger partial charge is 0.305 e. The molecule has 0 atom stereocenters. The summed E-state index contributed by atoms with van der Waals surface area (Å²) in [6, 6.07) is 10.1. The molecule has 4 nitrogen and oxygen atoms in total. The molecule has 0 aliphatic heterocycles. The van der Waals surface area contributed by atoms with E-state index in [2.05, 4.69) is 31.2 Å². The quantitative estimate of drug-likeness (QED) is 0.678. The van der Waals surface area contributed by atoms with Gasteiger partial charge < -0.3 is 4.57 Å². The molecule has 0 aliphatic rings. The molecular weight excluding hydrogens is 288 g/mol. The van der Waals surface area contributed by atoms with Gasteiger partial charge in [-0.25, -0.2) is 0 Å². The predicted octanol–water partition coefficient (Wildman–Crippen LogP) is 3.27. The number of rotatable bonds is 5. The Kier molecular flexibility index (Phi) is 4.13. The molecule has 0 radical (unpaired) electrons. The number of nitrogens with zero attached hydrogens (tertiary/aromatic N) is 4. The Balaban J connectivity index is 1.64. The van der Waals surface area contributed by atoms with Gasteiger partial charge in [0, 0.05) is 24.7 Å². The van der Waals surface area contributed by atoms with Gasteiger partial charge in [0.15, 0.2) is 11.0 Å². The fourth-order valence-electron chi connectivity index (χ4n) is 1.85. The number of hydrogen-bond donors (Lipinski definition) is 0. The van der Waals surface area contributed by atoms with E-state index in [-0.39, 0.29) is 0 Å². The van der Waals surface area contributed by atoms with Crippen LogP contribution in [0.1, 0.15) is 5.69 Å². The first-order valence-electron chi connectivity index (χ1n) is 6.30. The Morgan fingerprint density at radius 2 is 2.15 bits per heavy atom. The molecule has 0 saturated heterocycles. The van der Waals surface area contributed by atoms with E-state index in [0.717, 1.165) is 33.7 Å². The number of thiophene rings is 1. The second-order valence-corrected chi connectivity index (χ2v) is 6.27. The first-order valence-corrected chi connectivity index (χ1v) is 8.17. The van der Waals surface area contributed by atoms with Crippen molar-refractivity contribution in [2.24, 2.45) is 7.05 Å². The van der Waals surface area contributed by atoms with Crippen LogP contribution in [0.25, 0.3) is 10.7 Å². The molecule has 3 aromatic heterocycles. The van der Waals surface area contributed by atoms with E-state index in [9.17, 15) is 0 Å². The van der Waals surface area contributed by atoms with Crippen LogP contribution in [-0.2, 0) is 13.5 Å². The number of hydrogen-bond acceptors (Lipinski definition) is 5.